The lowest BCUT2D eigenvalue weighted by Crippen LogP contribution is -2.41. The standard InChI is InChI=1S/C21H21ClN2O3/c1-2-3-9-20(25)23-24-21(26)17-8-4-6-16(15-17)7-5-14-27-19-12-10-18(22)11-13-19/h4,6,8,10-13,15H,2-3,9,14H2,1H3,(H,23,25)(H,24,26). The Kier molecular flexibility index (Phi) is 8.21. The van der Waals surface area contributed by atoms with Crippen molar-refractivity contribution in [2.24, 2.45) is 0 Å². The molecule has 2 amide bonds. The van der Waals surface area contributed by atoms with Crippen LogP contribution in [-0.4, -0.2) is 18.4 Å². The third kappa shape index (κ3) is 7.43. The van der Waals surface area contributed by atoms with Crippen LogP contribution in [0.3, 0.4) is 0 Å². The second-order valence-corrected chi connectivity index (χ2v) is 6.17. The van der Waals surface area contributed by atoms with Gasteiger partial charge in [-0.3, -0.25) is 20.4 Å². The van der Waals surface area contributed by atoms with Crippen molar-refractivity contribution in [1.29, 1.82) is 0 Å². The summed E-state index contributed by atoms with van der Waals surface area (Å²) in [6, 6.07) is 13.9. The molecule has 0 aromatic heterocycles. The molecule has 0 saturated carbocycles. The van der Waals surface area contributed by atoms with E-state index in [4.69, 9.17) is 16.3 Å². The summed E-state index contributed by atoms with van der Waals surface area (Å²) in [6.45, 7) is 2.21. The van der Waals surface area contributed by atoms with Crippen molar-refractivity contribution >= 4 is 23.4 Å². The topological polar surface area (TPSA) is 67.4 Å². The molecule has 0 radical (unpaired) electrons. The zero-order chi connectivity index (χ0) is 19.5. The van der Waals surface area contributed by atoms with Gasteiger partial charge in [0.25, 0.3) is 5.91 Å². The van der Waals surface area contributed by atoms with Crippen molar-refractivity contribution in [3.63, 3.8) is 0 Å². The number of hydrogen-bond acceptors (Lipinski definition) is 3. The predicted octanol–water partition coefficient (Wildman–Crippen LogP) is 3.72. The van der Waals surface area contributed by atoms with Crippen molar-refractivity contribution in [3.05, 3.63) is 64.7 Å². The normalized spacial score (nSPS) is 9.70. The fraction of sp³-hybridized carbons (Fsp3) is 0.238. The van der Waals surface area contributed by atoms with Gasteiger partial charge in [0.1, 0.15) is 12.4 Å². The zero-order valence-electron chi connectivity index (χ0n) is 15.0. The van der Waals surface area contributed by atoms with Gasteiger partial charge in [-0.25, -0.2) is 0 Å². The molecule has 140 valence electrons. The molecule has 0 fully saturated rings. The van der Waals surface area contributed by atoms with Gasteiger partial charge in [-0.15, -0.1) is 0 Å². The maximum atomic E-state index is 12.1. The molecule has 0 atom stereocenters. The van der Waals surface area contributed by atoms with Gasteiger partial charge in [-0.2, -0.15) is 0 Å². The summed E-state index contributed by atoms with van der Waals surface area (Å²) in [5, 5.41) is 0.644. The average Bonchev–Trinajstić information content (AvgIpc) is 2.69. The number of ether oxygens (including phenoxy) is 1. The minimum absolute atomic E-state index is 0.208. The number of carbonyl (C=O) groups excluding carboxylic acids is 2. The Balaban J connectivity index is 1.86. The Bertz CT molecular complexity index is 838. The minimum atomic E-state index is -0.388. The largest absolute Gasteiger partial charge is 0.481 e. The van der Waals surface area contributed by atoms with E-state index in [2.05, 4.69) is 22.7 Å². The third-order valence-electron chi connectivity index (χ3n) is 3.55. The average molecular weight is 385 g/mol. The smallest absolute Gasteiger partial charge is 0.269 e. The molecule has 0 spiro atoms. The van der Waals surface area contributed by atoms with Crippen molar-refractivity contribution < 1.29 is 14.3 Å². The van der Waals surface area contributed by atoms with Crippen molar-refractivity contribution in [1.82, 2.24) is 10.9 Å². The van der Waals surface area contributed by atoms with E-state index in [0.717, 1.165) is 12.8 Å². The van der Waals surface area contributed by atoms with E-state index < -0.39 is 0 Å². The summed E-state index contributed by atoms with van der Waals surface area (Å²) in [6.07, 6.45) is 2.09. The summed E-state index contributed by atoms with van der Waals surface area (Å²) in [5.74, 6) is 5.93. The lowest BCUT2D eigenvalue weighted by Gasteiger charge is -2.07. The number of benzene rings is 2. The van der Waals surface area contributed by atoms with E-state index >= 15 is 0 Å². The van der Waals surface area contributed by atoms with Crippen LogP contribution in [0.25, 0.3) is 0 Å². The molecule has 5 nitrogen and oxygen atoms in total. The van der Waals surface area contributed by atoms with Gasteiger partial charge >= 0.3 is 0 Å². The highest BCUT2D eigenvalue weighted by molar-refractivity contribution is 6.30. The van der Waals surface area contributed by atoms with E-state index in [0.29, 0.717) is 28.3 Å². The number of nitrogens with one attached hydrogen (secondary N) is 2. The second kappa shape index (κ2) is 10.9. The van der Waals surface area contributed by atoms with Gasteiger partial charge in [0.05, 0.1) is 0 Å². The molecule has 2 rings (SSSR count). The number of rotatable bonds is 6. The maximum absolute atomic E-state index is 12.1. The van der Waals surface area contributed by atoms with Crippen LogP contribution in [0.15, 0.2) is 48.5 Å². The molecule has 2 aromatic carbocycles. The number of carbonyl (C=O) groups is 2. The van der Waals surface area contributed by atoms with Gasteiger partial charge in [0.15, 0.2) is 0 Å². The molecule has 6 heteroatoms. The molecule has 0 heterocycles. The van der Waals surface area contributed by atoms with Crippen LogP contribution < -0.4 is 15.6 Å². The first-order valence-corrected chi connectivity index (χ1v) is 9.02. The van der Waals surface area contributed by atoms with Gasteiger partial charge in [-0.1, -0.05) is 42.9 Å². The Morgan fingerprint density at radius 3 is 2.63 bits per heavy atom. The molecule has 0 aliphatic rings. The van der Waals surface area contributed by atoms with Crippen LogP contribution in [0.2, 0.25) is 5.02 Å². The van der Waals surface area contributed by atoms with Crippen LogP contribution in [0.1, 0.15) is 42.1 Å². The van der Waals surface area contributed by atoms with Gasteiger partial charge < -0.3 is 4.74 Å². The van der Waals surface area contributed by atoms with Gasteiger partial charge in [-0.05, 0) is 48.9 Å². The monoisotopic (exact) mass is 384 g/mol. The number of hydrazine groups is 1. The zero-order valence-corrected chi connectivity index (χ0v) is 15.8. The van der Waals surface area contributed by atoms with Gasteiger partial charge in [0.2, 0.25) is 5.91 Å². The Hall–Kier alpha value is -2.97. The number of halogens is 1. The lowest BCUT2D eigenvalue weighted by molar-refractivity contribution is -0.121. The van der Waals surface area contributed by atoms with Crippen LogP contribution in [0.4, 0.5) is 0 Å². The lowest BCUT2D eigenvalue weighted by atomic mass is 10.1. The summed E-state index contributed by atoms with van der Waals surface area (Å²) in [7, 11) is 0. The summed E-state index contributed by atoms with van der Waals surface area (Å²) >= 11 is 5.82. The summed E-state index contributed by atoms with van der Waals surface area (Å²) < 4.78 is 5.50. The number of amides is 2. The first-order valence-electron chi connectivity index (χ1n) is 8.65. The molecule has 0 aliphatic carbocycles. The predicted molar refractivity (Wildman–Crippen MR) is 105 cm³/mol. The maximum Gasteiger partial charge on any atom is 0.269 e. The van der Waals surface area contributed by atoms with Crippen LogP contribution in [0.5, 0.6) is 5.75 Å². The van der Waals surface area contributed by atoms with Crippen molar-refractivity contribution in [2.75, 3.05) is 6.61 Å². The third-order valence-corrected chi connectivity index (χ3v) is 3.81. The molecule has 2 N–H and O–H groups in total. The molecule has 0 bridgehead atoms. The quantitative estimate of drug-likeness (QED) is 0.589. The number of unbranched alkanes of at least 4 members (excludes halogenated alkanes) is 1. The van der Waals surface area contributed by atoms with Crippen LogP contribution in [-0.2, 0) is 4.79 Å². The van der Waals surface area contributed by atoms with Crippen molar-refractivity contribution in [3.8, 4) is 17.6 Å². The van der Waals surface area contributed by atoms with E-state index in [1.165, 1.54) is 0 Å². The Morgan fingerprint density at radius 2 is 1.89 bits per heavy atom. The molecule has 27 heavy (non-hydrogen) atoms. The van der Waals surface area contributed by atoms with Crippen LogP contribution >= 0.6 is 11.6 Å². The molecule has 0 unspecified atom stereocenters. The molecular formula is C21H21ClN2O3. The molecule has 0 aliphatic heterocycles. The SMILES string of the molecule is CCCCC(=O)NNC(=O)c1cccc(C#CCOc2ccc(Cl)cc2)c1. The number of hydrogen-bond donors (Lipinski definition) is 2. The second-order valence-electron chi connectivity index (χ2n) is 5.73. The highest BCUT2D eigenvalue weighted by Crippen LogP contribution is 2.15. The summed E-state index contributed by atoms with van der Waals surface area (Å²) in [4.78, 5) is 23.7. The summed E-state index contributed by atoms with van der Waals surface area (Å²) in [5.41, 5.74) is 5.91. The van der Waals surface area contributed by atoms with Gasteiger partial charge in [0, 0.05) is 22.6 Å². The van der Waals surface area contributed by atoms with E-state index in [1.54, 1.807) is 48.5 Å². The van der Waals surface area contributed by atoms with Crippen molar-refractivity contribution in [2.45, 2.75) is 26.2 Å². The fourth-order valence-corrected chi connectivity index (χ4v) is 2.25. The first kappa shape index (κ1) is 20.3. The molecule has 0 saturated heterocycles. The Morgan fingerprint density at radius 1 is 1.11 bits per heavy atom. The fourth-order valence-electron chi connectivity index (χ4n) is 2.13. The van der Waals surface area contributed by atoms with E-state index in [9.17, 15) is 9.59 Å². The first-order chi connectivity index (χ1) is 13.1. The molecule has 2 aromatic rings. The van der Waals surface area contributed by atoms with Crippen LogP contribution in [0, 0.1) is 11.8 Å². The molecular weight excluding hydrogens is 364 g/mol. The van der Waals surface area contributed by atoms with E-state index in [-0.39, 0.29) is 18.4 Å². The van der Waals surface area contributed by atoms with E-state index in [1.807, 2.05) is 6.92 Å². The minimum Gasteiger partial charge on any atom is -0.481 e. The highest BCUT2D eigenvalue weighted by Gasteiger charge is 2.07. The Labute approximate surface area is 164 Å². The highest BCUT2D eigenvalue weighted by atomic mass is 35.5.